The third-order valence-electron chi connectivity index (χ3n) is 3.04. The Morgan fingerprint density at radius 2 is 1.47 bits per heavy atom. The van der Waals surface area contributed by atoms with Crippen LogP contribution in [0.4, 0.5) is 0 Å². The van der Waals surface area contributed by atoms with Gasteiger partial charge in [0.05, 0.1) is 5.60 Å². The molecule has 90 valence electrons. The maximum atomic E-state index is 9.65. The molecule has 1 rings (SSSR count). The average Bonchev–Trinajstić information content (AvgIpc) is 2.16. The molecule has 1 N–H and O–H groups in total. The minimum atomic E-state index is -0.513. The third-order valence-corrected chi connectivity index (χ3v) is 3.04. The van der Waals surface area contributed by atoms with Gasteiger partial charge in [-0.1, -0.05) is 6.92 Å². The minimum absolute atomic E-state index is 0.513. The van der Waals surface area contributed by atoms with E-state index < -0.39 is 5.60 Å². The van der Waals surface area contributed by atoms with Crippen molar-refractivity contribution in [3.05, 3.63) is 0 Å². The highest BCUT2D eigenvalue weighted by molar-refractivity contribution is 4.74. The molecule has 0 aliphatic carbocycles. The van der Waals surface area contributed by atoms with Gasteiger partial charge in [-0.15, -0.1) is 0 Å². The lowest BCUT2D eigenvalue weighted by molar-refractivity contribution is 0.0476. The van der Waals surface area contributed by atoms with Crippen molar-refractivity contribution in [1.82, 2.24) is 9.80 Å². The fourth-order valence-corrected chi connectivity index (χ4v) is 1.98. The third kappa shape index (κ3) is 5.50. The van der Waals surface area contributed by atoms with Gasteiger partial charge in [0.1, 0.15) is 0 Å². The summed E-state index contributed by atoms with van der Waals surface area (Å²) >= 11 is 0. The van der Waals surface area contributed by atoms with Gasteiger partial charge in [0.25, 0.3) is 0 Å². The van der Waals surface area contributed by atoms with Crippen LogP contribution in [-0.2, 0) is 0 Å². The Morgan fingerprint density at radius 3 is 1.87 bits per heavy atom. The molecule has 0 aromatic rings. The summed E-state index contributed by atoms with van der Waals surface area (Å²) < 4.78 is 0. The molecule has 1 heterocycles. The van der Waals surface area contributed by atoms with E-state index in [1.807, 2.05) is 13.8 Å². The summed E-state index contributed by atoms with van der Waals surface area (Å²) in [4.78, 5) is 4.99. The first kappa shape index (κ1) is 12.9. The number of nitrogens with zero attached hydrogens (tertiary/aromatic N) is 2. The van der Waals surface area contributed by atoms with E-state index in [4.69, 9.17) is 0 Å². The van der Waals surface area contributed by atoms with Crippen molar-refractivity contribution >= 4 is 0 Å². The highest BCUT2D eigenvalue weighted by Crippen LogP contribution is 2.10. The van der Waals surface area contributed by atoms with Crippen molar-refractivity contribution in [2.75, 3.05) is 39.3 Å². The minimum Gasteiger partial charge on any atom is -0.390 e. The molecule has 1 aliphatic rings. The smallest absolute Gasteiger partial charge is 0.0603 e. The Morgan fingerprint density at radius 1 is 1.00 bits per heavy atom. The van der Waals surface area contributed by atoms with Crippen molar-refractivity contribution < 1.29 is 5.11 Å². The van der Waals surface area contributed by atoms with Crippen molar-refractivity contribution in [2.45, 2.75) is 39.2 Å². The molecule has 1 aliphatic heterocycles. The maximum Gasteiger partial charge on any atom is 0.0603 e. The zero-order valence-electron chi connectivity index (χ0n) is 10.5. The molecule has 0 amide bonds. The SMILES string of the molecule is CCCN1CCN(CCC(C)(C)O)CC1. The highest BCUT2D eigenvalue weighted by Gasteiger charge is 2.19. The summed E-state index contributed by atoms with van der Waals surface area (Å²) in [6.07, 6.45) is 2.13. The molecular weight excluding hydrogens is 188 g/mol. The van der Waals surface area contributed by atoms with Gasteiger partial charge in [0, 0.05) is 32.7 Å². The fourth-order valence-electron chi connectivity index (χ4n) is 1.98. The zero-order chi connectivity index (χ0) is 11.3. The molecule has 0 aromatic carbocycles. The topological polar surface area (TPSA) is 26.7 Å². The van der Waals surface area contributed by atoms with Crippen molar-refractivity contribution in [1.29, 1.82) is 0 Å². The molecular formula is C12H26N2O. The maximum absolute atomic E-state index is 9.65. The van der Waals surface area contributed by atoms with Crippen molar-refractivity contribution in [2.24, 2.45) is 0 Å². The Bertz CT molecular complexity index is 169. The van der Waals surface area contributed by atoms with Gasteiger partial charge in [-0.3, -0.25) is 0 Å². The Labute approximate surface area is 94.1 Å². The van der Waals surface area contributed by atoms with E-state index in [1.165, 1.54) is 26.1 Å². The second-order valence-corrected chi connectivity index (χ2v) is 5.25. The van der Waals surface area contributed by atoms with Gasteiger partial charge in [0.15, 0.2) is 0 Å². The van der Waals surface area contributed by atoms with Gasteiger partial charge in [-0.2, -0.15) is 0 Å². The predicted molar refractivity (Wildman–Crippen MR) is 64.1 cm³/mol. The van der Waals surface area contributed by atoms with E-state index in [9.17, 15) is 5.11 Å². The lowest BCUT2D eigenvalue weighted by Crippen LogP contribution is -2.47. The van der Waals surface area contributed by atoms with E-state index in [0.29, 0.717) is 0 Å². The van der Waals surface area contributed by atoms with Crippen LogP contribution in [0, 0.1) is 0 Å². The van der Waals surface area contributed by atoms with Gasteiger partial charge < -0.3 is 14.9 Å². The molecule has 15 heavy (non-hydrogen) atoms. The van der Waals surface area contributed by atoms with E-state index in [1.54, 1.807) is 0 Å². The Hall–Kier alpha value is -0.120. The van der Waals surface area contributed by atoms with Crippen LogP contribution in [0.2, 0.25) is 0 Å². The molecule has 0 unspecified atom stereocenters. The molecule has 0 aromatic heterocycles. The number of rotatable bonds is 5. The molecule has 1 saturated heterocycles. The van der Waals surface area contributed by atoms with Crippen LogP contribution in [0.5, 0.6) is 0 Å². The largest absolute Gasteiger partial charge is 0.390 e. The fraction of sp³-hybridized carbons (Fsp3) is 1.00. The molecule has 0 saturated carbocycles. The average molecular weight is 214 g/mol. The van der Waals surface area contributed by atoms with Gasteiger partial charge >= 0.3 is 0 Å². The van der Waals surface area contributed by atoms with E-state index >= 15 is 0 Å². The lowest BCUT2D eigenvalue weighted by Gasteiger charge is -2.35. The second-order valence-electron chi connectivity index (χ2n) is 5.25. The number of piperazine rings is 1. The Balaban J connectivity index is 2.15. The first-order chi connectivity index (χ1) is 7.01. The van der Waals surface area contributed by atoms with Crippen LogP contribution < -0.4 is 0 Å². The van der Waals surface area contributed by atoms with Gasteiger partial charge in [-0.05, 0) is 33.2 Å². The summed E-state index contributed by atoms with van der Waals surface area (Å²) in [7, 11) is 0. The van der Waals surface area contributed by atoms with Crippen LogP contribution in [0.25, 0.3) is 0 Å². The molecule has 0 atom stereocenters. The summed E-state index contributed by atoms with van der Waals surface area (Å²) in [6.45, 7) is 13.0. The van der Waals surface area contributed by atoms with Crippen molar-refractivity contribution in [3.63, 3.8) is 0 Å². The number of aliphatic hydroxyl groups is 1. The van der Waals surface area contributed by atoms with E-state index in [0.717, 1.165) is 26.1 Å². The Kier molecular flexibility index (Phi) is 5.03. The normalized spacial score (nSPS) is 20.8. The van der Waals surface area contributed by atoms with E-state index in [-0.39, 0.29) is 0 Å². The molecule has 3 nitrogen and oxygen atoms in total. The number of hydrogen-bond acceptors (Lipinski definition) is 3. The molecule has 0 radical (unpaired) electrons. The van der Waals surface area contributed by atoms with Crippen LogP contribution in [0.1, 0.15) is 33.6 Å². The molecule has 1 fully saturated rings. The van der Waals surface area contributed by atoms with E-state index in [2.05, 4.69) is 16.7 Å². The molecule has 0 bridgehead atoms. The van der Waals surface area contributed by atoms with Crippen molar-refractivity contribution in [3.8, 4) is 0 Å². The standard InChI is InChI=1S/C12H26N2O/c1-4-6-13-8-10-14(11-9-13)7-5-12(2,3)15/h15H,4-11H2,1-3H3. The summed E-state index contributed by atoms with van der Waals surface area (Å²) in [5.41, 5.74) is -0.513. The van der Waals surface area contributed by atoms with Gasteiger partial charge in [0.2, 0.25) is 0 Å². The summed E-state index contributed by atoms with van der Waals surface area (Å²) in [5, 5.41) is 9.65. The lowest BCUT2D eigenvalue weighted by atomic mass is 10.1. The first-order valence-electron chi connectivity index (χ1n) is 6.18. The van der Waals surface area contributed by atoms with Crippen LogP contribution in [-0.4, -0.2) is 59.8 Å². The number of hydrogen-bond donors (Lipinski definition) is 1. The van der Waals surface area contributed by atoms with Gasteiger partial charge in [-0.25, -0.2) is 0 Å². The predicted octanol–water partition coefficient (Wildman–Crippen LogP) is 1.18. The first-order valence-corrected chi connectivity index (χ1v) is 6.18. The summed E-state index contributed by atoms with van der Waals surface area (Å²) in [5.74, 6) is 0. The highest BCUT2D eigenvalue weighted by atomic mass is 16.3. The van der Waals surface area contributed by atoms with Crippen LogP contribution in [0.15, 0.2) is 0 Å². The van der Waals surface area contributed by atoms with Crippen LogP contribution >= 0.6 is 0 Å². The monoisotopic (exact) mass is 214 g/mol. The van der Waals surface area contributed by atoms with Crippen LogP contribution in [0.3, 0.4) is 0 Å². The molecule has 3 heteroatoms. The quantitative estimate of drug-likeness (QED) is 0.744. The summed E-state index contributed by atoms with van der Waals surface area (Å²) in [6, 6.07) is 0. The second kappa shape index (κ2) is 5.83. The zero-order valence-corrected chi connectivity index (χ0v) is 10.5. The molecule has 0 spiro atoms.